The molecule has 0 aliphatic rings. The van der Waals surface area contributed by atoms with Gasteiger partial charge in [0.1, 0.15) is 0 Å². The first-order valence-corrected chi connectivity index (χ1v) is 9.33. The SMILES string of the molecule is O=[N+]([O-])c1ccccc1S(=O)(=O)NCCC(CCO)c1ccccc1. The normalized spacial score (nSPS) is 12.7. The number of aliphatic hydroxyl groups excluding tert-OH is 1. The number of nitrogens with one attached hydrogen (secondary N) is 1. The Labute approximate surface area is 146 Å². The maximum absolute atomic E-state index is 12.4. The lowest BCUT2D eigenvalue weighted by atomic mass is 9.93. The van der Waals surface area contributed by atoms with Gasteiger partial charge in [0.25, 0.3) is 5.69 Å². The van der Waals surface area contributed by atoms with Gasteiger partial charge in [-0.15, -0.1) is 0 Å². The fourth-order valence-corrected chi connectivity index (χ4v) is 3.86. The molecule has 0 fully saturated rings. The summed E-state index contributed by atoms with van der Waals surface area (Å²) < 4.78 is 27.2. The van der Waals surface area contributed by atoms with Gasteiger partial charge in [-0.05, 0) is 30.4 Å². The van der Waals surface area contributed by atoms with Gasteiger partial charge in [-0.1, -0.05) is 42.5 Å². The average Bonchev–Trinajstić information content (AvgIpc) is 2.61. The summed E-state index contributed by atoms with van der Waals surface area (Å²) in [5.41, 5.74) is 0.561. The van der Waals surface area contributed by atoms with Gasteiger partial charge in [0.05, 0.1) is 4.92 Å². The van der Waals surface area contributed by atoms with Gasteiger partial charge in [-0.2, -0.15) is 0 Å². The van der Waals surface area contributed by atoms with Gasteiger partial charge in [-0.3, -0.25) is 10.1 Å². The summed E-state index contributed by atoms with van der Waals surface area (Å²) in [7, 11) is -3.98. The highest BCUT2D eigenvalue weighted by atomic mass is 32.2. The molecular formula is C17H20N2O5S. The Kier molecular flexibility index (Phi) is 6.63. The molecule has 2 aromatic carbocycles. The number of sulfonamides is 1. The maximum Gasteiger partial charge on any atom is 0.289 e. The lowest BCUT2D eigenvalue weighted by molar-refractivity contribution is -0.387. The number of nitrogens with zero attached hydrogens (tertiary/aromatic N) is 1. The Morgan fingerprint density at radius 2 is 1.68 bits per heavy atom. The van der Waals surface area contributed by atoms with E-state index in [0.29, 0.717) is 12.8 Å². The van der Waals surface area contributed by atoms with E-state index in [1.807, 2.05) is 30.3 Å². The minimum absolute atomic E-state index is 0.000316. The van der Waals surface area contributed by atoms with Crippen molar-refractivity contribution in [3.63, 3.8) is 0 Å². The third-order valence-electron chi connectivity index (χ3n) is 3.88. The van der Waals surface area contributed by atoms with Crippen molar-refractivity contribution in [1.82, 2.24) is 4.72 Å². The number of nitro groups is 1. The zero-order valence-corrected chi connectivity index (χ0v) is 14.4. The van der Waals surface area contributed by atoms with Crippen molar-refractivity contribution in [2.75, 3.05) is 13.2 Å². The van der Waals surface area contributed by atoms with Crippen LogP contribution in [0, 0.1) is 10.1 Å². The van der Waals surface area contributed by atoms with E-state index in [0.717, 1.165) is 11.6 Å². The molecule has 0 spiro atoms. The first-order valence-electron chi connectivity index (χ1n) is 7.84. The van der Waals surface area contributed by atoms with Crippen LogP contribution in [0.3, 0.4) is 0 Å². The molecule has 0 aromatic heterocycles. The predicted octanol–water partition coefficient (Wildman–Crippen LogP) is 2.43. The topological polar surface area (TPSA) is 110 Å². The summed E-state index contributed by atoms with van der Waals surface area (Å²) in [5.74, 6) is -0.000316. The second kappa shape index (κ2) is 8.70. The van der Waals surface area contributed by atoms with E-state index in [4.69, 9.17) is 0 Å². The standard InChI is InChI=1S/C17H20N2O5S/c20-13-11-15(14-6-2-1-3-7-14)10-12-18-25(23,24)17-9-5-4-8-16(17)19(21)22/h1-9,15,18,20H,10-13H2. The van der Waals surface area contributed by atoms with Crippen LogP contribution >= 0.6 is 0 Å². The summed E-state index contributed by atoms with van der Waals surface area (Å²) in [6.07, 6.45) is 0.988. The Balaban J connectivity index is 2.08. The molecule has 0 radical (unpaired) electrons. The molecule has 8 heteroatoms. The Hall–Kier alpha value is -2.29. The van der Waals surface area contributed by atoms with Gasteiger partial charge >= 0.3 is 0 Å². The quantitative estimate of drug-likeness (QED) is 0.524. The van der Waals surface area contributed by atoms with Crippen molar-refractivity contribution in [1.29, 1.82) is 0 Å². The molecule has 0 saturated carbocycles. The lowest BCUT2D eigenvalue weighted by Crippen LogP contribution is -2.26. The number of para-hydroxylation sites is 1. The molecule has 0 heterocycles. The predicted molar refractivity (Wildman–Crippen MR) is 93.8 cm³/mol. The van der Waals surface area contributed by atoms with Crippen molar-refractivity contribution in [3.05, 3.63) is 70.3 Å². The van der Waals surface area contributed by atoms with Gasteiger partial charge in [0.15, 0.2) is 4.90 Å². The molecule has 2 rings (SSSR count). The Morgan fingerprint density at radius 3 is 2.32 bits per heavy atom. The third kappa shape index (κ3) is 5.09. The van der Waals surface area contributed by atoms with Crippen molar-refractivity contribution < 1.29 is 18.4 Å². The maximum atomic E-state index is 12.4. The molecule has 0 amide bonds. The van der Waals surface area contributed by atoms with E-state index in [2.05, 4.69) is 4.72 Å². The first kappa shape index (κ1) is 19.0. The number of rotatable bonds is 9. The van der Waals surface area contributed by atoms with Crippen LogP contribution in [-0.2, 0) is 10.0 Å². The average molecular weight is 364 g/mol. The highest BCUT2D eigenvalue weighted by Crippen LogP contribution is 2.25. The summed E-state index contributed by atoms with van der Waals surface area (Å²) in [6.45, 7) is 0.115. The van der Waals surface area contributed by atoms with Gasteiger partial charge in [0.2, 0.25) is 10.0 Å². The first-order chi connectivity index (χ1) is 12.0. The van der Waals surface area contributed by atoms with Crippen molar-refractivity contribution in [3.8, 4) is 0 Å². The van der Waals surface area contributed by atoms with E-state index in [1.165, 1.54) is 18.2 Å². The molecule has 2 N–H and O–H groups in total. The Morgan fingerprint density at radius 1 is 1.04 bits per heavy atom. The van der Waals surface area contributed by atoms with E-state index in [1.54, 1.807) is 0 Å². The van der Waals surface area contributed by atoms with Crippen LogP contribution in [0.5, 0.6) is 0 Å². The number of hydrogen-bond donors (Lipinski definition) is 2. The van der Waals surface area contributed by atoms with Crippen LogP contribution in [0.4, 0.5) is 5.69 Å². The number of hydrogen-bond acceptors (Lipinski definition) is 5. The van der Waals surface area contributed by atoms with E-state index in [-0.39, 0.29) is 24.0 Å². The number of aliphatic hydroxyl groups is 1. The summed E-state index contributed by atoms with van der Waals surface area (Å²) in [6, 6.07) is 14.7. The lowest BCUT2D eigenvalue weighted by Gasteiger charge is -2.16. The molecule has 2 aromatic rings. The third-order valence-corrected chi connectivity index (χ3v) is 5.39. The van der Waals surface area contributed by atoms with Crippen molar-refractivity contribution in [2.24, 2.45) is 0 Å². The summed E-state index contributed by atoms with van der Waals surface area (Å²) >= 11 is 0. The van der Waals surface area contributed by atoms with Crippen LogP contribution in [0.15, 0.2) is 59.5 Å². The largest absolute Gasteiger partial charge is 0.396 e. The molecule has 0 aliphatic heterocycles. The van der Waals surface area contributed by atoms with Crippen molar-refractivity contribution >= 4 is 15.7 Å². The molecular weight excluding hydrogens is 344 g/mol. The molecule has 0 aliphatic carbocycles. The molecule has 0 bridgehead atoms. The van der Waals surface area contributed by atoms with E-state index < -0.39 is 20.6 Å². The highest BCUT2D eigenvalue weighted by Gasteiger charge is 2.25. The molecule has 134 valence electrons. The number of nitro benzene ring substituents is 1. The monoisotopic (exact) mass is 364 g/mol. The van der Waals surface area contributed by atoms with Crippen LogP contribution in [0.25, 0.3) is 0 Å². The summed E-state index contributed by atoms with van der Waals surface area (Å²) in [4.78, 5) is 9.94. The molecule has 25 heavy (non-hydrogen) atoms. The molecule has 0 saturated heterocycles. The number of benzene rings is 2. The molecule has 1 atom stereocenters. The van der Waals surface area contributed by atoms with Crippen molar-refractivity contribution in [2.45, 2.75) is 23.7 Å². The highest BCUT2D eigenvalue weighted by molar-refractivity contribution is 7.89. The van der Waals surface area contributed by atoms with Crippen LogP contribution < -0.4 is 4.72 Å². The minimum atomic E-state index is -3.98. The minimum Gasteiger partial charge on any atom is -0.396 e. The molecule has 1 unspecified atom stereocenters. The van der Waals surface area contributed by atoms with Crippen LogP contribution in [0.2, 0.25) is 0 Å². The van der Waals surface area contributed by atoms with E-state index in [9.17, 15) is 23.6 Å². The van der Waals surface area contributed by atoms with E-state index >= 15 is 0 Å². The Bertz CT molecular complexity index is 809. The van der Waals surface area contributed by atoms with Crippen LogP contribution in [0.1, 0.15) is 24.3 Å². The fourth-order valence-electron chi connectivity index (χ4n) is 2.64. The molecule has 7 nitrogen and oxygen atoms in total. The van der Waals surface area contributed by atoms with Crippen LogP contribution in [-0.4, -0.2) is 31.6 Å². The fraction of sp³-hybridized carbons (Fsp3) is 0.294. The zero-order valence-electron chi connectivity index (χ0n) is 13.5. The second-order valence-electron chi connectivity index (χ2n) is 5.53. The zero-order chi connectivity index (χ0) is 18.3. The van der Waals surface area contributed by atoms with Gasteiger partial charge in [0, 0.05) is 19.2 Å². The summed E-state index contributed by atoms with van der Waals surface area (Å²) in [5, 5.41) is 20.2. The smallest absolute Gasteiger partial charge is 0.289 e. The van der Waals surface area contributed by atoms with Gasteiger partial charge < -0.3 is 5.11 Å². The second-order valence-corrected chi connectivity index (χ2v) is 7.27. The van der Waals surface area contributed by atoms with Gasteiger partial charge in [-0.25, -0.2) is 13.1 Å².